The zero-order valence-electron chi connectivity index (χ0n) is 28.9. The van der Waals surface area contributed by atoms with Crippen LogP contribution < -0.4 is 16.0 Å². The van der Waals surface area contributed by atoms with Crippen molar-refractivity contribution in [2.24, 2.45) is 17.8 Å². The van der Waals surface area contributed by atoms with Crippen LogP contribution in [0.25, 0.3) is 0 Å². The molecule has 8 nitrogen and oxygen atoms in total. The molecule has 45 heavy (non-hydrogen) atoms. The van der Waals surface area contributed by atoms with E-state index in [1.54, 1.807) is 19.1 Å². The Balaban J connectivity index is 1.98. The zero-order chi connectivity index (χ0) is 33.5. The number of benzene rings is 1. The van der Waals surface area contributed by atoms with Crippen LogP contribution in [0.15, 0.2) is 47.5 Å². The van der Waals surface area contributed by atoms with E-state index >= 15 is 0 Å². The molecule has 1 aliphatic carbocycles. The fourth-order valence-corrected chi connectivity index (χ4v) is 6.32. The monoisotopic (exact) mass is 643 g/mol. The first-order chi connectivity index (χ1) is 21.3. The van der Waals surface area contributed by atoms with Crippen LogP contribution in [0.2, 0.25) is 0 Å². The smallest absolute Gasteiger partial charge is 0.251 e. The maximum Gasteiger partial charge on any atom is 0.251 e. The van der Waals surface area contributed by atoms with Crippen molar-refractivity contribution in [3.05, 3.63) is 58.7 Å². The van der Waals surface area contributed by atoms with Gasteiger partial charge in [0, 0.05) is 23.2 Å². The highest BCUT2D eigenvalue weighted by molar-refractivity contribution is 6.31. The van der Waals surface area contributed by atoms with E-state index in [0.29, 0.717) is 17.0 Å². The summed E-state index contributed by atoms with van der Waals surface area (Å²) in [5, 5.41) is 9.70. The predicted molar refractivity (Wildman–Crippen MR) is 186 cm³/mol. The van der Waals surface area contributed by atoms with Crippen LogP contribution in [-0.2, 0) is 16.1 Å². The first kappa shape index (κ1) is 38.5. The third-order valence-corrected chi connectivity index (χ3v) is 8.72. The van der Waals surface area contributed by atoms with Crippen LogP contribution in [0.1, 0.15) is 89.1 Å². The number of allylic oxidation sites excluding steroid dienone is 4. The fourth-order valence-electron chi connectivity index (χ4n) is 6.00. The number of nitrogens with one attached hydrogen (secondary N) is 3. The lowest BCUT2D eigenvalue weighted by atomic mass is 9.76. The first-order valence-corrected chi connectivity index (χ1v) is 17.0. The quantitative estimate of drug-likeness (QED) is 0.189. The van der Waals surface area contributed by atoms with Gasteiger partial charge in [0.25, 0.3) is 5.91 Å². The van der Waals surface area contributed by atoms with Gasteiger partial charge in [-0.15, -0.1) is 0 Å². The molecule has 3 N–H and O–H groups in total. The van der Waals surface area contributed by atoms with E-state index in [-0.39, 0.29) is 41.5 Å². The minimum Gasteiger partial charge on any atom is -0.351 e. The van der Waals surface area contributed by atoms with E-state index in [1.165, 1.54) is 0 Å². The Morgan fingerprint density at radius 3 is 2.24 bits per heavy atom. The standard InChI is InChI=1S/C36H58ClN5O3/c1-9-13-30(37)23-26(4)31-14-10-11-15-32(31)39-36(45)33(22-25(2)3)40-34(43)27(5)38-35(44)29-18-16-28(17-19-29)24-42(8)21-12-20-41(6)7/h9,13,16-19,23,25-27,31-33H,10-12,14-15,20-22,24H2,1-8H3,(H,38,44)(H,39,45)(H,40,43)/b13-9-,30-23+/t26?,27-,31-,32?,33-/m0/s1. The first-order valence-electron chi connectivity index (χ1n) is 16.6. The summed E-state index contributed by atoms with van der Waals surface area (Å²) in [6.45, 7) is 12.6. The second kappa shape index (κ2) is 19.7. The van der Waals surface area contributed by atoms with Crippen molar-refractivity contribution in [3.8, 4) is 0 Å². The second-order valence-electron chi connectivity index (χ2n) is 13.5. The summed E-state index contributed by atoms with van der Waals surface area (Å²) in [4.78, 5) is 44.2. The van der Waals surface area contributed by atoms with Gasteiger partial charge in [-0.05, 0) is 115 Å². The molecule has 2 unspecified atom stereocenters. The zero-order valence-corrected chi connectivity index (χ0v) is 29.6. The Kier molecular flexibility index (Phi) is 16.9. The Morgan fingerprint density at radius 1 is 0.956 bits per heavy atom. The van der Waals surface area contributed by atoms with Crippen molar-refractivity contribution >= 4 is 29.3 Å². The Hall–Kier alpha value is -2.68. The Labute approximate surface area is 277 Å². The van der Waals surface area contributed by atoms with Crippen molar-refractivity contribution in [2.45, 2.75) is 97.8 Å². The van der Waals surface area contributed by atoms with Crippen molar-refractivity contribution in [3.63, 3.8) is 0 Å². The van der Waals surface area contributed by atoms with E-state index in [1.807, 2.05) is 45.1 Å². The minimum absolute atomic E-state index is 0.0112. The normalized spacial score (nSPS) is 19.5. The molecule has 2 rings (SSSR count). The maximum absolute atomic E-state index is 13.6. The van der Waals surface area contributed by atoms with Crippen LogP contribution in [-0.4, -0.2) is 79.9 Å². The van der Waals surface area contributed by atoms with Crippen molar-refractivity contribution in [1.82, 2.24) is 25.8 Å². The number of hydrogen-bond acceptors (Lipinski definition) is 5. The highest BCUT2D eigenvalue weighted by atomic mass is 35.5. The van der Waals surface area contributed by atoms with Crippen LogP contribution in [0.5, 0.6) is 0 Å². The molecular weight excluding hydrogens is 586 g/mol. The molecule has 0 aromatic heterocycles. The number of carbonyl (C=O) groups excluding carboxylic acids is 3. The molecule has 0 heterocycles. The fraction of sp³-hybridized carbons (Fsp3) is 0.639. The molecule has 1 fully saturated rings. The molecule has 0 saturated heterocycles. The summed E-state index contributed by atoms with van der Waals surface area (Å²) < 4.78 is 0. The molecule has 1 saturated carbocycles. The maximum atomic E-state index is 13.6. The largest absolute Gasteiger partial charge is 0.351 e. The van der Waals surface area contributed by atoms with Gasteiger partial charge in [0.15, 0.2) is 0 Å². The van der Waals surface area contributed by atoms with Gasteiger partial charge in [-0.2, -0.15) is 0 Å². The molecule has 5 atom stereocenters. The summed E-state index contributed by atoms with van der Waals surface area (Å²) in [7, 11) is 6.25. The highest BCUT2D eigenvalue weighted by Crippen LogP contribution is 2.32. The molecule has 0 aliphatic heterocycles. The van der Waals surface area contributed by atoms with Gasteiger partial charge in [0.1, 0.15) is 12.1 Å². The topological polar surface area (TPSA) is 93.8 Å². The number of rotatable bonds is 17. The van der Waals surface area contributed by atoms with Crippen molar-refractivity contribution in [1.29, 1.82) is 0 Å². The van der Waals surface area contributed by atoms with Crippen LogP contribution in [0.4, 0.5) is 0 Å². The van der Waals surface area contributed by atoms with Gasteiger partial charge in [-0.3, -0.25) is 14.4 Å². The molecule has 0 bridgehead atoms. The predicted octanol–water partition coefficient (Wildman–Crippen LogP) is 5.73. The molecule has 3 amide bonds. The average Bonchev–Trinajstić information content (AvgIpc) is 2.96. The number of hydrogen-bond donors (Lipinski definition) is 3. The van der Waals surface area contributed by atoms with Crippen LogP contribution in [0, 0.1) is 17.8 Å². The SMILES string of the molecule is C/C=C\C(Cl)=C/C(C)[C@@H]1CCCCC1NC(=O)[C@H](CC(C)C)NC(=O)[C@H](C)NC(=O)c1ccc(CN(C)CCCN(C)C)cc1. The molecular formula is C36H58ClN5O3. The third kappa shape index (κ3) is 14.1. The summed E-state index contributed by atoms with van der Waals surface area (Å²) >= 11 is 6.37. The summed E-state index contributed by atoms with van der Waals surface area (Å²) in [5.41, 5.74) is 1.62. The van der Waals surface area contributed by atoms with E-state index in [0.717, 1.165) is 57.3 Å². The lowest BCUT2D eigenvalue weighted by Gasteiger charge is -2.36. The van der Waals surface area contributed by atoms with Gasteiger partial charge in [-0.25, -0.2) is 0 Å². The Bertz CT molecular complexity index is 1130. The molecule has 1 aromatic carbocycles. The molecule has 0 spiro atoms. The van der Waals surface area contributed by atoms with E-state index in [9.17, 15) is 14.4 Å². The molecule has 1 aliphatic rings. The lowest BCUT2D eigenvalue weighted by molar-refractivity contribution is -0.130. The van der Waals surface area contributed by atoms with Crippen LogP contribution in [0.3, 0.4) is 0 Å². The van der Waals surface area contributed by atoms with Crippen LogP contribution >= 0.6 is 11.6 Å². The van der Waals surface area contributed by atoms with Crippen molar-refractivity contribution in [2.75, 3.05) is 34.2 Å². The number of nitrogens with zero attached hydrogens (tertiary/aromatic N) is 2. The molecule has 9 heteroatoms. The summed E-state index contributed by atoms with van der Waals surface area (Å²) in [5.74, 6) is -0.210. The van der Waals surface area contributed by atoms with E-state index in [2.05, 4.69) is 59.9 Å². The highest BCUT2D eigenvalue weighted by Gasteiger charge is 2.33. The van der Waals surface area contributed by atoms with Gasteiger partial charge in [-0.1, -0.05) is 69.5 Å². The van der Waals surface area contributed by atoms with Gasteiger partial charge in [0.2, 0.25) is 11.8 Å². The van der Waals surface area contributed by atoms with Gasteiger partial charge >= 0.3 is 0 Å². The molecule has 252 valence electrons. The van der Waals surface area contributed by atoms with Gasteiger partial charge in [0.05, 0.1) is 0 Å². The second-order valence-corrected chi connectivity index (χ2v) is 13.9. The number of carbonyl (C=O) groups is 3. The number of amides is 3. The minimum atomic E-state index is -0.802. The van der Waals surface area contributed by atoms with E-state index < -0.39 is 12.1 Å². The third-order valence-electron chi connectivity index (χ3n) is 8.47. The average molecular weight is 644 g/mol. The van der Waals surface area contributed by atoms with E-state index in [4.69, 9.17) is 11.6 Å². The summed E-state index contributed by atoms with van der Waals surface area (Å²) in [6, 6.07) is 6.01. The van der Waals surface area contributed by atoms with Crippen molar-refractivity contribution < 1.29 is 14.4 Å². The number of halogens is 1. The molecule has 0 radical (unpaired) electrons. The summed E-state index contributed by atoms with van der Waals surface area (Å²) in [6.07, 6.45) is 11.5. The lowest BCUT2D eigenvalue weighted by Crippen LogP contribution is -2.56. The Morgan fingerprint density at radius 2 is 1.62 bits per heavy atom. The molecule has 1 aromatic rings. The van der Waals surface area contributed by atoms with Gasteiger partial charge < -0.3 is 25.8 Å².